The smallest absolute Gasteiger partial charge is 0 e. The summed E-state index contributed by atoms with van der Waals surface area (Å²) in [6.07, 6.45) is 0. The molecule has 0 amide bonds. The van der Waals surface area contributed by atoms with Crippen LogP contribution in [0.4, 0.5) is 0 Å². The number of rotatable bonds is 4. The Morgan fingerprint density at radius 1 is 0.643 bits per heavy atom. The van der Waals surface area contributed by atoms with E-state index in [0.717, 1.165) is 0 Å². The summed E-state index contributed by atoms with van der Waals surface area (Å²) in [4.78, 5) is 9.15. The Balaban J connectivity index is 0. The third-order valence-corrected chi connectivity index (χ3v) is 4.80. The van der Waals surface area contributed by atoms with Crippen molar-refractivity contribution < 1.29 is 0 Å². The van der Waals surface area contributed by atoms with Gasteiger partial charge < -0.3 is 0 Å². The van der Waals surface area contributed by atoms with Crippen molar-refractivity contribution in [1.29, 1.82) is 0 Å². The van der Waals surface area contributed by atoms with E-state index in [-0.39, 0.29) is 23.9 Å². The Morgan fingerprint density at radius 2 is 0.857 bits per heavy atom. The van der Waals surface area contributed by atoms with E-state index in [2.05, 4.69) is 33.0 Å². The molecule has 0 aliphatic heterocycles. The van der Waals surface area contributed by atoms with E-state index in [0.29, 0.717) is 0 Å². The van der Waals surface area contributed by atoms with Crippen LogP contribution in [0, 0.1) is 0 Å². The van der Waals surface area contributed by atoms with Crippen LogP contribution in [0.2, 0.25) is 0 Å². The van der Waals surface area contributed by atoms with E-state index in [1.54, 1.807) is 0 Å². The van der Waals surface area contributed by atoms with Crippen molar-refractivity contribution in [1.82, 2.24) is 0 Å². The van der Waals surface area contributed by atoms with Crippen molar-refractivity contribution in [3.05, 3.63) is 41.8 Å². The molecular formula is N12Sn2. The van der Waals surface area contributed by atoms with Gasteiger partial charge in [-0.2, -0.15) is 0 Å². The molecule has 0 atom stereocenters. The van der Waals surface area contributed by atoms with E-state index < -0.39 is 19.5 Å². The zero-order valence-electron chi connectivity index (χ0n) is 6.37. The van der Waals surface area contributed by atoms with Crippen LogP contribution in [0.1, 0.15) is 0 Å². The molecule has 0 fully saturated rings. The second kappa shape index (κ2) is 8.44. The normalized spacial score (nSPS) is 10.9. The summed E-state index contributed by atoms with van der Waals surface area (Å²) in [5, 5.41) is 0. The second-order valence-corrected chi connectivity index (χ2v) is 7.07. The average molecular weight is 406 g/mol. The summed E-state index contributed by atoms with van der Waals surface area (Å²) in [6.45, 7) is 0. The van der Waals surface area contributed by atoms with Gasteiger partial charge in [0.15, 0.2) is 0 Å². The molecule has 0 aliphatic carbocycles. The first kappa shape index (κ1) is 15.3. The molecule has 12 nitrogen and oxygen atoms in total. The predicted molar refractivity (Wildman–Crippen MR) is 48.1 cm³/mol. The van der Waals surface area contributed by atoms with Gasteiger partial charge in [0.2, 0.25) is 0 Å². The molecule has 0 bridgehead atoms. The van der Waals surface area contributed by atoms with Crippen molar-refractivity contribution in [2.45, 2.75) is 0 Å². The largest absolute Gasteiger partial charge is 0 e. The topological polar surface area (TPSA) is 195 Å². The van der Waals surface area contributed by atoms with E-state index in [4.69, 9.17) is 22.1 Å². The minimum Gasteiger partial charge on any atom is 0 e. The monoisotopic (exact) mass is 408 g/mol. The quantitative estimate of drug-likeness (QED) is 0.286. The van der Waals surface area contributed by atoms with Crippen LogP contribution in [0.15, 0.2) is 13.3 Å². The van der Waals surface area contributed by atoms with E-state index in [1.165, 1.54) is 0 Å². The van der Waals surface area contributed by atoms with Gasteiger partial charge in [-0.15, -0.1) is 0 Å². The maximum absolute atomic E-state index is 8.04. The van der Waals surface area contributed by atoms with Gasteiger partial charge in [0, 0.05) is 23.9 Å². The van der Waals surface area contributed by atoms with Crippen LogP contribution in [-0.2, 0) is 0 Å². The second-order valence-electron chi connectivity index (χ2n) is 1.36. The molecule has 4 radical (unpaired) electrons. The first-order chi connectivity index (χ1) is 6.24. The van der Waals surface area contributed by atoms with Crippen molar-refractivity contribution >= 4 is 43.4 Å². The summed E-state index contributed by atoms with van der Waals surface area (Å²) in [5.74, 6) is 0. The van der Waals surface area contributed by atoms with Crippen LogP contribution in [0.5, 0.6) is 0 Å². The Bertz CT molecular complexity index is 288. The molecule has 0 unspecified atom stereocenters. The first-order valence-corrected chi connectivity index (χ1v) is 7.60. The van der Waals surface area contributed by atoms with E-state index in [9.17, 15) is 0 Å². The zero-order valence-corrected chi connectivity index (χ0v) is 12.1. The van der Waals surface area contributed by atoms with Crippen molar-refractivity contribution in [2.24, 2.45) is 13.3 Å². The minimum absolute atomic E-state index is 0. The SMILES string of the molecule is [N-]=[N+]=[N][Sn]([N]=[N+]=[N-])([N]=[N+]=[N-])[N]=[N+]=[N-].[Sn]. The number of nitrogens with zero attached hydrogens (tertiary/aromatic N) is 12. The molecule has 0 aliphatic rings. The summed E-state index contributed by atoms with van der Waals surface area (Å²) in [7, 11) is 0. The van der Waals surface area contributed by atoms with Crippen molar-refractivity contribution in [3.63, 3.8) is 0 Å². The Labute approximate surface area is 98.0 Å². The molecule has 68 valence electrons. The molecule has 0 aromatic carbocycles. The Morgan fingerprint density at radius 3 is 1.00 bits per heavy atom. The van der Waals surface area contributed by atoms with Crippen molar-refractivity contribution in [2.75, 3.05) is 0 Å². The molecule has 0 aromatic heterocycles. The van der Waals surface area contributed by atoms with Gasteiger partial charge in [-0.3, -0.25) is 0 Å². The molecular weight excluding hydrogens is 406 g/mol. The van der Waals surface area contributed by atoms with Crippen LogP contribution in [0.3, 0.4) is 0 Å². The van der Waals surface area contributed by atoms with Gasteiger partial charge in [-0.25, -0.2) is 0 Å². The summed E-state index contributed by atoms with van der Waals surface area (Å²) >= 11 is -4.73. The van der Waals surface area contributed by atoms with Gasteiger partial charge in [-0.05, 0) is 0 Å². The first-order valence-electron chi connectivity index (χ1n) is 2.49. The number of hydrogen-bond donors (Lipinski definition) is 0. The summed E-state index contributed by atoms with van der Waals surface area (Å²) in [6, 6.07) is 0. The zero-order chi connectivity index (χ0) is 10.2. The fourth-order valence-electron chi connectivity index (χ4n) is 0.360. The molecule has 0 saturated heterocycles. The van der Waals surface area contributed by atoms with Crippen LogP contribution >= 0.6 is 0 Å². The van der Waals surface area contributed by atoms with Gasteiger partial charge in [-0.1, -0.05) is 0 Å². The van der Waals surface area contributed by atoms with E-state index in [1.807, 2.05) is 0 Å². The molecule has 0 aromatic rings. The van der Waals surface area contributed by atoms with Gasteiger partial charge in [0.1, 0.15) is 0 Å². The summed E-state index contributed by atoms with van der Waals surface area (Å²) in [5.41, 5.74) is 32.2. The predicted octanol–water partition coefficient (Wildman–Crippen LogP) is 2.28. The molecule has 0 N–H and O–H groups in total. The van der Waals surface area contributed by atoms with Crippen LogP contribution in [0.25, 0.3) is 41.8 Å². The molecule has 0 rings (SSSR count). The maximum atomic E-state index is 8.04. The van der Waals surface area contributed by atoms with Crippen LogP contribution < -0.4 is 0 Å². The third kappa shape index (κ3) is 4.76. The molecule has 14 heteroatoms. The minimum atomic E-state index is -4.73. The Hall–Kier alpha value is -1.16. The molecule has 0 saturated carbocycles. The maximum Gasteiger partial charge on any atom is 0 e. The van der Waals surface area contributed by atoms with Crippen LogP contribution in [-0.4, -0.2) is 43.4 Å². The van der Waals surface area contributed by atoms with Crippen molar-refractivity contribution in [3.8, 4) is 0 Å². The van der Waals surface area contributed by atoms with Gasteiger partial charge in [0.05, 0.1) is 0 Å². The third-order valence-electron chi connectivity index (χ3n) is 0.716. The molecule has 0 heterocycles. The molecule has 0 spiro atoms. The number of hydrogen-bond acceptors (Lipinski definition) is 4. The fourth-order valence-corrected chi connectivity index (χ4v) is 2.41. The van der Waals surface area contributed by atoms with Gasteiger partial charge >= 0.3 is 74.6 Å². The Kier molecular flexibility index (Phi) is 9.23. The average Bonchev–Trinajstić information content (AvgIpc) is 2.06. The fraction of sp³-hybridized carbons (Fsp3) is 0. The number of azide groups is 1. The summed E-state index contributed by atoms with van der Waals surface area (Å²) < 4.78 is 11.8. The molecule has 14 heavy (non-hydrogen) atoms. The van der Waals surface area contributed by atoms with Gasteiger partial charge in [0.25, 0.3) is 0 Å². The van der Waals surface area contributed by atoms with E-state index >= 15 is 0 Å². The standard InChI is InChI=1S/4N3.2Sn/c4*1-3-2;;/q4*-1;;+4.